The maximum absolute atomic E-state index is 12.6. The van der Waals surface area contributed by atoms with Gasteiger partial charge in [0.1, 0.15) is 0 Å². The third-order valence-corrected chi connectivity index (χ3v) is 4.43. The van der Waals surface area contributed by atoms with Crippen LogP contribution < -0.4 is 10.2 Å². The van der Waals surface area contributed by atoms with Crippen LogP contribution in [0.4, 0.5) is 11.4 Å². The Morgan fingerprint density at radius 3 is 2.95 bits per heavy atom. The number of hydrogen-bond donors (Lipinski definition) is 1. The lowest BCUT2D eigenvalue weighted by Gasteiger charge is -2.17. The summed E-state index contributed by atoms with van der Waals surface area (Å²) in [5.41, 5.74) is 6.79. The molecule has 2 heterocycles. The quantitative estimate of drug-likeness (QED) is 0.920. The van der Waals surface area contributed by atoms with E-state index in [1.54, 1.807) is 0 Å². The molecule has 0 fully saturated rings. The van der Waals surface area contributed by atoms with Crippen LogP contribution in [0.5, 0.6) is 0 Å². The fraction of sp³-hybridized carbons (Fsp3) is 0.211. The number of allylic oxidation sites excluding steroid dienone is 1. The summed E-state index contributed by atoms with van der Waals surface area (Å²) < 4.78 is 0. The summed E-state index contributed by atoms with van der Waals surface area (Å²) in [7, 11) is 0. The Morgan fingerprint density at radius 2 is 2.05 bits per heavy atom. The fourth-order valence-electron chi connectivity index (χ4n) is 3.36. The predicted octanol–water partition coefficient (Wildman–Crippen LogP) is 3.30. The van der Waals surface area contributed by atoms with Gasteiger partial charge in [0.15, 0.2) is 0 Å². The van der Waals surface area contributed by atoms with Gasteiger partial charge >= 0.3 is 0 Å². The van der Waals surface area contributed by atoms with Crippen LogP contribution in [0.25, 0.3) is 0 Å². The van der Waals surface area contributed by atoms with Crippen molar-refractivity contribution in [2.24, 2.45) is 0 Å². The monoisotopic (exact) mass is 290 g/mol. The predicted molar refractivity (Wildman–Crippen MR) is 89.1 cm³/mol. The van der Waals surface area contributed by atoms with Crippen molar-refractivity contribution in [3.05, 3.63) is 71.4 Å². The van der Waals surface area contributed by atoms with E-state index in [-0.39, 0.29) is 5.91 Å². The molecule has 2 aliphatic heterocycles. The zero-order valence-electron chi connectivity index (χ0n) is 12.4. The topological polar surface area (TPSA) is 32.3 Å². The van der Waals surface area contributed by atoms with Gasteiger partial charge in [-0.15, -0.1) is 0 Å². The van der Waals surface area contributed by atoms with Gasteiger partial charge in [-0.2, -0.15) is 0 Å². The molecule has 0 aromatic heterocycles. The van der Waals surface area contributed by atoms with E-state index in [1.807, 2.05) is 35.2 Å². The maximum atomic E-state index is 12.6. The minimum Gasteiger partial charge on any atom is -0.359 e. The third kappa shape index (κ3) is 2.19. The Bertz CT molecular complexity index is 779. The Morgan fingerprint density at radius 1 is 1.18 bits per heavy atom. The summed E-state index contributed by atoms with van der Waals surface area (Å²) >= 11 is 0. The lowest BCUT2D eigenvalue weighted by atomic mass is 10.1. The molecule has 1 N–H and O–H groups in total. The molecule has 2 aromatic rings. The summed E-state index contributed by atoms with van der Waals surface area (Å²) in [4.78, 5) is 14.6. The minimum absolute atomic E-state index is 0.176. The number of rotatable bonds is 2. The van der Waals surface area contributed by atoms with E-state index in [4.69, 9.17) is 0 Å². The first kappa shape index (κ1) is 13.1. The molecule has 0 saturated heterocycles. The number of anilines is 2. The summed E-state index contributed by atoms with van der Waals surface area (Å²) in [5, 5.41) is 3.26. The van der Waals surface area contributed by atoms with Gasteiger partial charge in [0.25, 0.3) is 0 Å². The van der Waals surface area contributed by atoms with Crippen molar-refractivity contribution in [2.45, 2.75) is 19.3 Å². The van der Waals surface area contributed by atoms with E-state index >= 15 is 0 Å². The van der Waals surface area contributed by atoms with Crippen molar-refractivity contribution >= 4 is 17.3 Å². The Hall–Kier alpha value is -2.55. The number of para-hydroxylation sites is 1. The molecule has 4 rings (SSSR count). The van der Waals surface area contributed by atoms with Crippen molar-refractivity contribution in [1.29, 1.82) is 0 Å². The molecule has 0 atom stereocenters. The Balaban J connectivity index is 1.54. The molecule has 0 spiro atoms. The molecule has 1 amide bonds. The molecule has 3 heteroatoms. The summed E-state index contributed by atoms with van der Waals surface area (Å²) in [5.74, 6) is 0.176. The zero-order valence-corrected chi connectivity index (χ0v) is 12.4. The second kappa shape index (κ2) is 5.02. The minimum atomic E-state index is 0.176. The van der Waals surface area contributed by atoms with E-state index in [1.165, 1.54) is 11.1 Å². The van der Waals surface area contributed by atoms with Gasteiger partial charge in [-0.25, -0.2) is 0 Å². The Kier molecular flexibility index (Phi) is 3.00. The van der Waals surface area contributed by atoms with Crippen molar-refractivity contribution in [2.75, 3.05) is 16.8 Å². The normalized spacial score (nSPS) is 15.5. The van der Waals surface area contributed by atoms with Gasteiger partial charge in [0, 0.05) is 30.0 Å². The van der Waals surface area contributed by atoms with Gasteiger partial charge in [-0.1, -0.05) is 36.9 Å². The molecule has 0 aliphatic carbocycles. The van der Waals surface area contributed by atoms with E-state index in [2.05, 4.69) is 24.0 Å². The molecule has 22 heavy (non-hydrogen) atoms. The standard InChI is InChI=1S/C19H18N2O/c1-13-10-16-11-14(6-7-17(16)20-13)12-19(22)21-9-8-15-4-2-3-5-18(15)21/h2-7,11,20H,1,8-10,12H2. The molecule has 0 unspecified atom stereocenters. The molecule has 0 bridgehead atoms. The van der Waals surface area contributed by atoms with Crippen LogP contribution in [-0.2, 0) is 24.1 Å². The number of benzene rings is 2. The average molecular weight is 290 g/mol. The van der Waals surface area contributed by atoms with Gasteiger partial charge in [-0.3, -0.25) is 4.79 Å². The molecule has 3 nitrogen and oxygen atoms in total. The second-order valence-electron chi connectivity index (χ2n) is 6.00. The van der Waals surface area contributed by atoms with Crippen molar-refractivity contribution < 1.29 is 4.79 Å². The van der Waals surface area contributed by atoms with Crippen LogP contribution in [0.1, 0.15) is 16.7 Å². The highest BCUT2D eigenvalue weighted by molar-refractivity contribution is 5.96. The zero-order chi connectivity index (χ0) is 15.1. The SMILES string of the molecule is C=C1Cc2cc(CC(=O)N3CCc4ccccc43)ccc2N1. The largest absolute Gasteiger partial charge is 0.359 e. The number of carbonyl (C=O) groups is 1. The number of carbonyl (C=O) groups excluding carboxylic acids is 1. The van der Waals surface area contributed by atoms with Gasteiger partial charge < -0.3 is 10.2 Å². The van der Waals surface area contributed by atoms with Crippen LogP contribution in [0.3, 0.4) is 0 Å². The number of nitrogens with zero attached hydrogens (tertiary/aromatic N) is 1. The molecular formula is C19H18N2O. The molecule has 0 saturated carbocycles. The lowest BCUT2D eigenvalue weighted by Crippen LogP contribution is -2.30. The summed E-state index contributed by atoms with van der Waals surface area (Å²) in [6.07, 6.45) is 2.26. The Labute approximate surface area is 130 Å². The van der Waals surface area contributed by atoms with E-state index in [0.29, 0.717) is 6.42 Å². The van der Waals surface area contributed by atoms with E-state index in [0.717, 1.165) is 42.0 Å². The highest BCUT2D eigenvalue weighted by Crippen LogP contribution is 2.30. The molecule has 2 aromatic carbocycles. The molecule has 0 radical (unpaired) electrons. The summed E-state index contributed by atoms with van der Waals surface area (Å²) in [6.45, 7) is 4.75. The third-order valence-electron chi connectivity index (χ3n) is 4.43. The maximum Gasteiger partial charge on any atom is 0.231 e. The molecule has 110 valence electrons. The average Bonchev–Trinajstić information content (AvgIpc) is 3.09. The highest BCUT2D eigenvalue weighted by atomic mass is 16.2. The summed E-state index contributed by atoms with van der Waals surface area (Å²) in [6, 6.07) is 14.4. The first-order chi connectivity index (χ1) is 10.7. The van der Waals surface area contributed by atoms with Crippen LogP contribution in [0.2, 0.25) is 0 Å². The van der Waals surface area contributed by atoms with Crippen molar-refractivity contribution in [3.8, 4) is 0 Å². The van der Waals surface area contributed by atoms with E-state index in [9.17, 15) is 4.79 Å². The highest BCUT2D eigenvalue weighted by Gasteiger charge is 2.24. The number of hydrogen-bond acceptors (Lipinski definition) is 2. The second-order valence-corrected chi connectivity index (χ2v) is 6.00. The smallest absolute Gasteiger partial charge is 0.231 e. The van der Waals surface area contributed by atoms with Crippen LogP contribution in [-0.4, -0.2) is 12.5 Å². The van der Waals surface area contributed by atoms with Crippen molar-refractivity contribution in [3.63, 3.8) is 0 Å². The van der Waals surface area contributed by atoms with Crippen LogP contribution >= 0.6 is 0 Å². The van der Waals surface area contributed by atoms with Crippen molar-refractivity contribution in [1.82, 2.24) is 0 Å². The number of fused-ring (bicyclic) bond motifs is 2. The van der Waals surface area contributed by atoms with E-state index < -0.39 is 0 Å². The fourth-order valence-corrected chi connectivity index (χ4v) is 3.36. The van der Waals surface area contributed by atoms with Gasteiger partial charge in [0.05, 0.1) is 6.42 Å². The number of amides is 1. The van der Waals surface area contributed by atoms with Gasteiger partial charge in [0.2, 0.25) is 5.91 Å². The van der Waals surface area contributed by atoms with Crippen LogP contribution in [0.15, 0.2) is 54.7 Å². The number of nitrogens with one attached hydrogen (secondary N) is 1. The first-order valence-electron chi connectivity index (χ1n) is 7.65. The molecule has 2 aliphatic rings. The van der Waals surface area contributed by atoms with Crippen LogP contribution in [0, 0.1) is 0 Å². The first-order valence-corrected chi connectivity index (χ1v) is 7.65. The lowest BCUT2D eigenvalue weighted by molar-refractivity contribution is -0.117. The van der Waals surface area contributed by atoms with Gasteiger partial charge in [-0.05, 0) is 35.2 Å². The molecular weight excluding hydrogens is 272 g/mol.